The number of hydrogen-bond donors (Lipinski definition) is 2. The molecule has 0 unspecified atom stereocenters. The Bertz CT molecular complexity index is 659. The normalized spacial score (nSPS) is 16.0. The topological polar surface area (TPSA) is 95.9 Å². The third-order valence-corrected chi connectivity index (χ3v) is 4.61. The summed E-state index contributed by atoms with van der Waals surface area (Å²) in [5, 5.41) is 9.06. The predicted octanol–water partition coefficient (Wildman–Crippen LogP) is 1.74. The van der Waals surface area contributed by atoms with E-state index in [4.69, 9.17) is 5.11 Å². The third-order valence-electron chi connectivity index (χ3n) is 3.09. The Hall–Kier alpha value is -1.94. The van der Waals surface area contributed by atoms with Crippen molar-refractivity contribution in [3.05, 3.63) is 23.8 Å². The molecule has 1 aliphatic heterocycles. The number of carboxylic acids is 1. The van der Waals surface area contributed by atoms with Gasteiger partial charge < -0.3 is 9.84 Å². The van der Waals surface area contributed by atoms with Crippen LogP contribution in [0.25, 0.3) is 0 Å². The van der Waals surface area contributed by atoms with E-state index in [0.29, 0.717) is 25.9 Å². The summed E-state index contributed by atoms with van der Waals surface area (Å²) in [6.07, 6.45) is 1.42. The molecular weight excluding hydrogens is 322 g/mol. The molecule has 2 rings (SSSR count). The molecule has 1 heterocycles. The monoisotopic (exact) mass is 336 g/mol. The van der Waals surface area contributed by atoms with Gasteiger partial charge in [-0.05, 0) is 25.0 Å². The number of anilines is 1. The summed E-state index contributed by atoms with van der Waals surface area (Å²) in [4.78, 5) is 11.1. The van der Waals surface area contributed by atoms with Crippen LogP contribution < -0.4 is 9.46 Å². The van der Waals surface area contributed by atoms with Crippen molar-refractivity contribution in [2.75, 3.05) is 17.8 Å². The minimum Gasteiger partial charge on any atom is -0.478 e. The smallest absolute Gasteiger partial charge is 0.387 e. The van der Waals surface area contributed by atoms with Crippen molar-refractivity contribution in [2.45, 2.75) is 19.5 Å². The Morgan fingerprint density at radius 2 is 1.95 bits per heavy atom. The lowest BCUT2D eigenvalue weighted by Gasteiger charge is -2.18. The van der Waals surface area contributed by atoms with Crippen molar-refractivity contribution < 1.29 is 31.8 Å². The number of alkyl halides is 2. The molecule has 22 heavy (non-hydrogen) atoms. The molecule has 7 nitrogen and oxygen atoms in total. The van der Waals surface area contributed by atoms with Crippen molar-refractivity contribution in [1.82, 2.24) is 4.31 Å². The van der Waals surface area contributed by atoms with Crippen LogP contribution in [-0.4, -0.2) is 43.5 Å². The van der Waals surface area contributed by atoms with Crippen molar-refractivity contribution in [1.29, 1.82) is 0 Å². The summed E-state index contributed by atoms with van der Waals surface area (Å²) in [6.45, 7) is -2.45. The first-order chi connectivity index (χ1) is 10.3. The Morgan fingerprint density at radius 3 is 2.50 bits per heavy atom. The number of ether oxygens (including phenoxy) is 1. The van der Waals surface area contributed by atoms with E-state index < -0.39 is 22.8 Å². The van der Waals surface area contributed by atoms with Crippen molar-refractivity contribution >= 4 is 21.9 Å². The van der Waals surface area contributed by atoms with Gasteiger partial charge in [-0.2, -0.15) is 21.5 Å². The lowest BCUT2D eigenvalue weighted by atomic mass is 10.2. The first kappa shape index (κ1) is 16.4. The fraction of sp³-hybridized carbons (Fsp3) is 0.417. The van der Waals surface area contributed by atoms with Crippen LogP contribution in [0.15, 0.2) is 18.2 Å². The molecule has 0 bridgehead atoms. The van der Waals surface area contributed by atoms with Crippen LogP contribution in [-0.2, 0) is 10.2 Å². The molecular formula is C12H14F2N2O5S. The van der Waals surface area contributed by atoms with Gasteiger partial charge in [-0.25, -0.2) is 4.79 Å². The number of aromatic carboxylic acids is 1. The molecule has 0 atom stereocenters. The van der Waals surface area contributed by atoms with Gasteiger partial charge in [-0.3, -0.25) is 4.72 Å². The van der Waals surface area contributed by atoms with Gasteiger partial charge in [-0.15, -0.1) is 0 Å². The number of rotatable bonds is 6. The van der Waals surface area contributed by atoms with Crippen LogP contribution in [0.5, 0.6) is 5.75 Å². The van der Waals surface area contributed by atoms with Crippen LogP contribution in [0, 0.1) is 0 Å². The molecule has 1 saturated heterocycles. The first-order valence-electron chi connectivity index (χ1n) is 6.39. The number of halogens is 2. The Kier molecular flexibility index (Phi) is 4.81. The molecule has 0 aliphatic carbocycles. The zero-order valence-corrected chi connectivity index (χ0v) is 12.1. The average molecular weight is 336 g/mol. The van der Waals surface area contributed by atoms with Gasteiger partial charge in [0.15, 0.2) is 0 Å². The Labute approximate surface area is 125 Å². The molecule has 0 amide bonds. The van der Waals surface area contributed by atoms with Gasteiger partial charge in [0.05, 0.1) is 11.3 Å². The maximum Gasteiger partial charge on any atom is 0.387 e. The molecule has 1 aliphatic rings. The van der Waals surface area contributed by atoms with E-state index in [-0.39, 0.29) is 17.0 Å². The van der Waals surface area contributed by atoms with Crippen molar-refractivity contribution in [3.8, 4) is 5.75 Å². The summed E-state index contributed by atoms with van der Waals surface area (Å²) in [7, 11) is -3.94. The van der Waals surface area contributed by atoms with Crippen LogP contribution in [0.2, 0.25) is 0 Å². The van der Waals surface area contributed by atoms with Gasteiger partial charge in [0.25, 0.3) is 0 Å². The Balaban J connectivity index is 2.32. The minimum absolute atomic E-state index is 0.322. The summed E-state index contributed by atoms with van der Waals surface area (Å²) in [5.41, 5.74) is -0.679. The third kappa shape index (κ3) is 3.83. The van der Waals surface area contributed by atoms with E-state index in [1.54, 1.807) is 0 Å². The van der Waals surface area contributed by atoms with E-state index in [2.05, 4.69) is 9.46 Å². The van der Waals surface area contributed by atoms with Gasteiger partial charge >= 0.3 is 22.8 Å². The number of nitrogens with zero attached hydrogens (tertiary/aromatic N) is 1. The second kappa shape index (κ2) is 6.44. The van der Waals surface area contributed by atoms with Crippen LogP contribution >= 0.6 is 0 Å². The molecule has 0 radical (unpaired) electrons. The number of hydrogen-bond acceptors (Lipinski definition) is 4. The van der Waals surface area contributed by atoms with Crippen LogP contribution in [0.3, 0.4) is 0 Å². The van der Waals surface area contributed by atoms with Gasteiger partial charge in [0, 0.05) is 19.2 Å². The molecule has 10 heteroatoms. The first-order valence-corrected chi connectivity index (χ1v) is 7.83. The second-order valence-corrected chi connectivity index (χ2v) is 6.27. The average Bonchev–Trinajstić information content (AvgIpc) is 2.91. The van der Waals surface area contributed by atoms with Crippen molar-refractivity contribution in [3.63, 3.8) is 0 Å². The SMILES string of the molecule is O=C(O)c1ccc(OC(F)F)cc1NS(=O)(=O)N1CCCC1. The van der Waals surface area contributed by atoms with E-state index >= 15 is 0 Å². The van der Waals surface area contributed by atoms with Crippen LogP contribution in [0.1, 0.15) is 23.2 Å². The largest absolute Gasteiger partial charge is 0.478 e. The Morgan fingerprint density at radius 1 is 1.32 bits per heavy atom. The highest BCUT2D eigenvalue weighted by molar-refractivity contribution is 7.90. The molecule has 1 fully saturated rings. The number of benzene rings is 1. The molecule has 0 aromatic heterocycles. The van der Waals surface area contributed by atoms with E-state index in [1.165, 1.54) is 4.31 Å². The van der Waals surface area contributed by atoms with E-state index in [1.807, 2.05) is 0 Å². The summed E-state index contributed by atoms with van der Waals surface area (Å²) in [5.74, 6) is -1.72. The number of carboxylic acid groups (broad SMARTS) is 1. The zero-order valence-electron chi connectivity index (χ0n) is 11.3. The molecule has 0 spiro atoms. The highest BCUT2D eigenvalue weighted by atomic mass is 32.2. The van der Waals surface area contributed by atoms with Crippen LogP contribution in [0.4, 0.5) is 14.5 Å². The predicted molar refractivity (Wildman–Crippen MR) is 73.4 cm³/mol. The quantitative estimate of drug-likeness (QED) is 0.825. The van der Waals surface area contributed by atoms with E-state index in [0.717, 1.165) is 18.2 Å². The molecule has 122 valence electrons. The van der Waals surface area contributed by atoms with Gasteiger partial charge in [0.1, 0.15) is 5.75 Å². The summed E-state index contributed by atoms with van der Waals surface area (Å²) >= 11 is 0. The highest BCUT2D eigenvalue weighted by Gasteiger charge is 2.27. The maximum absolute atomic E-state index is 12.2. The zero-order chi connectivity index (χ0) is 16.3. The fourth-order valence-electron chi connectivity index (χ4n) is 2.10. The number of nitrogens with one attached hydrogen (secondary N) is 1. The lowest BCUT2D eigenvalue weighted by molar-refractivity contribution is -0.0498. The van der Waals surface area contributed by atoms with Gasteiger partial charge in [-0.1, -0.05) is 0 Å². The molecule has 1 aromatic rings. The second-order valence-electron chi connectivity index (χ2n) is 4.60. The summed E-state index contributed by atoms with van der Waals surface area (Å²) < 4.78 is 56.1. The number of carbonyl (C=O) groups is 1. The lowest BCUT2D eigenvalue weighted by Crippen LogP contribution is -2.33. The molecule has 2 N–H and O–H groups in total. The van der Waals surface area contributed by atoms with E-state index in [9.17, 15) is 22.0 Å². The van der Waals surface area contributed by atoms with Crippen molar-refractivity contribution in [2.24, 2.45) is 0 Å². The molecule has 1 aromatic carbocycles. The minimum atomic E-state index is -3.94. The fourth-order valence-corrected chi connectivity index (χ4v) is 3.42. The maximum atomic E-state index is 12.2. The summed E-state index contributed by atoms with van der Waals surface area (Å²) in [6, 6.07) is 2.95. The van der Waals surface area contributed by atoms with Gasteiger partial charge in [0.2, 0.25) is 0 Å². The highest BCUT2D eigenvalue weighted by Crippen LogP contribution is 2.26. The molecule has 0 saturated carbocycles. The standard InChI is InChI=1S/C12H14F2N2O5S/c13-12(14)21-8-3-4-9(11(17)18)10(7-8)15-22(19,20)16-5-1-2-6-16/h3-4,7,12,15H,1-2,5-6H2,(H,17,18).